The lowest BCUT2D eigenvalue weighted by molar-refractivity contribution is -0.383. The average molecular weight is 1210 g/mol. The fourth-order valence-corrected chi connectivity index (χ4v) is 15.0. The molecule has 10 heteroatoms. The monoisotopic (exact) mass is 1200 g/mol. The lowest BCUT2D eigenvalue weighted by Gasteiger charge is -2.18. The minimum absolute atomic E-state index is 0.161. The van der Waals surface area contributed by atoms with Crippen LogP contribution >= 0.6 is 0 Å². The first-order valence-electron chi connectivity index (χ1n) is 35.5. The van der Waals surface area contributed by atoms with Crippen LogP contribution in [-0.4, -0.2) is 23.7 Å². The summed E-state index contributed by atoms with van der Waals surface area (Å²) in [5.41, 5.74) is 10.8. The minimum Gasteiger partial charge on any atom is -0.397 e. The van der Waals surface area contributed by atoms with E-state index < -0.39 is 4.92 Å². The van der Waals surface area contributed by atoms with Crippen LogP contribution < -0.4 is 16.9 Å². The molecule has 4 heterocycles. The lowest BCUT2D eigenvalue weighted by Crippen LogP contribution is -2.14. The van der Waals surface area contributed by atoms with Crippen molar-refractivity contribution in [3.8, 4) is 23.7 Å². The second kappa shape index (κ2) is 30.5. The van der Waals surface area contributed by atoms with Gasteiger partial charge in [0, 0.05) is 61.3 Å². The van der Waals surface area contributed by atoms with Crippen molar-refractivity contribution in [3.63, 3.8) is 0 Å². The normalized spacial score (nSPS) is 12.5. The van der Waals surface area contributed by atoms with E-state index in [1.54, 1.807) is 14.9 Å². The molecule has 0 aliphatic carbocycles. The number of aromatic nitrogens is 4. The summed E-state index contributed by atoms with van der Waals surface area (Å²) in [6, 6.07) is 23.5. The molecule has 11 aromatic rings. The van der Waals surface area contributed by atoms with E-state index in [2.05, 4.69) is 69.6 Å². The highest BCUT2D eigenvalue weighted by Crippen LogP contribution is 2.46. The number of imidazole rings is 2. The van der Waals surface area contributed by atoms with Crippen molar-refractivity contribution in [3.05, 3.63) is 115 Å². The van der Waals surface area contributed by atoms with Crippen LogP contribution in [0, 0.1) is 45.6 Å². The van der Waals surface area contributed by atoms with Gasteiger partial charge in [0.15, 0.2) is 5.52 Å². The smallest absolute Gasteiger partial charge is 0.298 e. The molecule has 90 heavy (non-hydrogen) atoms. The highest BCUT2D eigenvalue weighted by Gasteiger charge is 2.27. The minimum atomic E-state index is -0.392. The van der Waals surface area contributed by atoms with Gasteiger partial charge in [0.2, 0.25) is 0 Å². The maximum absolute atomic E-state index is 15.2. The van der Waals surface area contributed by atoms with Crippen molar-refractivity contribution in [2.24, 2.45) is 11.8 Å². The number of hydrogen-bond acceptors (Lipinski definition) is 7. The summed E-state index contributed by atoms with van der Waals surface area (Å²) >= 11 is 0. The molecule has 0 saturated heterocycles. The number of unbranched alkanes of at least 4 members (excludes halogenated alkanes) is 26. The van der Waals surface area contributed by atoms with Gasteiger partial charge >= 0.3 is 0 Å². The number of benzene rings is 7. The van der Waals surface area contributed by atoms with Gasteiger partial charge in [-0.2, -0.15) is 0 Å². The number of anilines is 1. The Kier molecular flexibility index (Phi) is 21.7. The standard InChI is InChI=1S/C80H96N6O4/c1-5-9-13-17-21-24-28-32-36-55(37-33-29-25-22-18-14-10-6-2)39-41-57-51-67(81)75-68(52-57)84-77(82-75)63-47-43-59-62-46-50-66-74-64(48-44-60(72(62)74)61-45-49-65(79(84)87)73(63)71(59)61)78-83-76-69(85(78)80(66)88)53-58(54-70(76)86(89)90)42-40-56(35-31-27-20-16-12-8-4)38-34-30-26-23-19-15-11-7-3/h43-56H,5-38,81H2,1-4H3. The molecule has 10 nitrogen and oxygen atoms in total. The Hall–Kier alpha value is -7.56. The second-order valence-electron chi connectivity index (χ2n) is 26.6. The van der Waals surface area contributed by atoms with E-state index in [9.17, 15) is 10.1 Å². The van der Waals surface area contributed by atoms with E-state index in [4.69, 9.17) is 15.7 Å². The molecule has 1 unspecified atom stereocenters. The topological polar surface area (TPSA) is 138 Å². The number of nitrogens with zero attached hydrogens (tertiary/aromatic N) is 5. The van der Waals surface area contributed by atoms with Gasteiger partial charge in [-0.3, -0.25) is 28.5 Å². The summed E-state index contributed by atoms with van der Waals surface area (Å²) in [4.78, 5) is 53.0. The first kappa shape index (κ1) is 64.0. The Morgan fingerprint density at radius 2 is 0.711 bits per heavy atom. The van der Waals surface area contributed by atoms with Crippen LogP contribution in [-0.2, 0) is 0 Å². The summed E-state index contributed by atoms with van der Waals surface area (Å²) < 4.78 is 3.30. The summed E-state index contributed by atoms with van der Waals surface area (Å²) in [6.45, 7) is 9.05. The van der Waals surface area contributed by atoms with E-state index in [-0.39, 0.29) is 28.2 Å². The predicted molar refractivity (Wildman–Crippen MR) is 382 cm³/mol. The maximum Gasteiger partial charge on any atom is 0.298 e. The van der Waals surface area contributed by atoms with Gasteiger partial charge < -0.3 is 5.73 Å². The van der Waals surface area contributed by atoms with Gasteiger partial charge in [-0.15, -0.1) is 0 Å². The third kappa shape index (κ3) is 13.7. The number of pyridine rings is 2. The predicted octanol–water partition coefficient (Wildman–Crippen LogP) is 22.0. The molecule has 0 aliphatic rings. The number of non-ortho nitro benzene ring substituents is 1. The number of fused-ring (bicyclic) bond motifs is 10. The van der Waals surface area contributed by atoms with Crippen LogP contribution in [0.25, 0.3) is 98.0 Å². The molecule has 0 aliphatic heterocycles. The molecule has 2 N–H and O–H groups in total. The average Bonchev–Trinajstić information content (AvgIpc) is 1.13. The van der Waals surface area contributed by atoms with Crippen molar-refractivity contribution in [2.75, 3.05) is 5.73 Å². The Bertz CT molecular complexity index is 4490. The summed E-state index contributed by atoms with van der Waals surface area (Å²) in [5.74, 6) is 14.8. The van der Waals surface area contributed by atoms with Gasteiger partial charge in [-0.1, -0.05) is 268 Å². The number of nitrogen functional groups attached to an aromatic ring is 1. The molecule has 7 aromatic carbocycles. The van der Waals surface area contributed by atoms with E-state index >= 15 is 9.59 Å². The van der Waals surface area contributed by atoms with Crippen LogP contribution in [0.4, 0.5) is 11.4 Å². The quantitative estimate of drug-likeness (QED) is 0.00794. The first-order valence-corrected chi connectivity index (χ1v) is 35.5. The molecule has 4 aromatic heterocycles. The van der Waals surface area contributed by atoms with Gasteiger partial charge in [0.1, 0.15) is 16.8 Å². The number of nitro benzene ring substituents is 1. The summed E-state index contributed by atoms with van der Waals surface area (Å²) in [7, 11) is 0. The van der Waals surface area contributed by atoms with Gasteiger partial charge in [-0.05, 0) is 100 Å². The third-order valence-corrected chi connectivity index (χ3v) is 19.9. The molecular weight excluding hydrogens is 1110 g/mol. The van der Waals surface area contributed by atoms with Crippen molar-refractivity contribution < 1.29 is 4.92 Å². The zero-order valence-electron chi connectivity index (χ0n) is 54.6. The molecular formula is C80H96N6O4. The maximum atomic E-state index is 15.2. The number of hydrogen-bond donors (Lipinski definition) is 1. The number of nitro groups is 1. The van der Waals surface area contributed by atoms with E-state index in [1.807, 2.05) is 48.5 Å². The molecule has 11 rings (SSSR count). The molecule has 470 valence electrons. The molecule has 0 fully saturated rings. The largest absolute Gasteiger partial charge is 0.397 e. The number of rotatable bonds is 35. The molecule has 0 radical (unpaired) electrons. The zero-order chi connectivity index (χ0) is 62.5. The Morgan fingerprint density at radius 1 is 0.411 bits per heavy atom. The third-order valence-electron chi connectivity index (χ3n) is 19.9. The fraction of sp³-hybridized carbons (Fsp3) is 0.500. The van der Waals surface area contributed by atoms with Crippen molar-refractivity contribution >= 4 is 109 Å². The van der Waals surface area contributed by atoms with Crippen LogP contribution in [0.1, 0.15) is 257 Å². The second-order valence-corrected chi connectivity index (χ2v) is 26.6. The molecule has 0 amide bonds. The van der Waals surface area contributed by atoms with Gasteiger partial charge in [0.25, 0.3) is 16.8 Å². The Morgan fingerprint density at radius 3 is 1.08 bits per heavy atom. The van der Waals surface area contributed by atoms with Crippen molar-refractivity contribution in [1.82, 2.24) is 18.8 Å². The molecule has 0 bridgehead atoms. The van der Waals surface area contributed by atoms with Crippen LogP contribution in [0.2, 0.25) is 0 Å². The molecule has 0 spiro atoms. The molecule has 1 atom stereocenters. The number of nitrogens with two attached hydrogens (primary N) is 1. The highest BCUT2D eigenvalue weighted by atomic mass is 16.6. The summed E-state index contributed by atoms with van der Waals surface area (Å²) in [5, 5.41) is 22.9. The van der Waals surface area contributed by atoms with E-state index in [0.29, 0.717) is 55.8 Å². The van der Waals surface area contributed by atoms with Crippen LogP contribution in [0.5, 0.6) is 0 Å². The van der Waals surface area contributed by atoms with E-state index in [1.165, 1.54) is 180 Å². The lowest BCUT2D eigenvalue weighted by atomic mass is 9.86. The van der Waals surface area contributed by atoms with Crippen LogP contribution in [0.15, 0.2) is 82.4 Å². The van der Waals surface area contributed by atoms with E-state index in [0.717, 1.165) is 98.0 Å². The van der Waals surface area contributed by atoms with Crippen molar-refractivity contribution in [1.29, 1.82) is 0 Å². The SMILES string of the molecule is CCCCCCCCCCC(C#Cc1cc([N+](=O)[O-])c2nc3c4ccc5c6ccc7c(=O)n8c9cc(C#CC(CCCCCCCCCC)CCCCCCCCCC)cc(N)c9nc8c8ccc(c9ccc(c(=O)n3c2c1)c4c95)c6c78)CCCCCCCC. The van der Waals surface area contributed by atoms with Crippen LogP contribution in [0.3, 0.4) is 0 Å². The first-order chi connectivity index (χ1) is 44.1. The van der Waals surface area contributed by atoms with Gasteiger partial charge in [-0.25, -0.2) is 9.97 Å². The summed E-state index contributed by atoms with van der Waals surface area (Å²) in [6.07, 6.45) is 42.3. The zero-order valence-corrected chi connectivity index (χ0v) is 54.6. The van der Waals surface area contributed by atoms with Crippen molar-refractivity contribution in [2.45, 2.75) is 246 Å². The fourth-order valence-electron chi connectivity index (χ4n) is 15.0. The van der Waals surface area contributed by atoms with Gasteiger partial charge in [0.05, 0.1) is 21.6 Å². The molecule has 0 saturated carbocycles. The Balaban J connectivity index is 0.930. The highest BCUT2D eigenvalue weighted by molar-refractivity contribution is 6.40. The Labute approximate surface area is 532 Å².